The van der Waals surface area contributed by atoms with E-state index < -0.39 is 0 Å². The van der Waals surface area contributed by atoms with Crippen molar-refractivity contribution in [1.82, 2.24) is 14.8 Å². The van der Waals surface area contributed by atoms with E-state index in [2.05, 4.69) is 4.98 Å². The van der Waals surface area contributed by atoms with E-state index in [0.29, 0.717) is 36.0 Å². The third kappa shape index (κ3) is 3.38. The summed E-state index contributed by atoms with van der Waals surface area (Å²) >= 11 is 0. The van der Waals surface area contributed by atoms with Gasteiger partial charge in [-0.1, -0.05) is 12.1 Å². The molecule has 1 N–H and O–H groups in total. The van der Waals surface area contributed by atoms with Gasteiger partial charge in [0.2, 0.25) is 0 Å². The van der Waals surface area contributed by atoms with Gasteiger partial charge in [0.05, 0.1) is 11.1 Å². The molecule has 7 heteroatoms. The van der Waals surface area contributed by atoms with Crippen LogP contribution in [-0.2, 0) is 13.0 Å². The van der Waals surface area contributed by atoms with Gasteiger partial charge in [-0.3, -0.25) is 14.6 Å². The number of hydrogen-bond acceptors (Lipinski definition) is 4. The molecule has 0 unspecified atom stereocenters. The summed E-state index contributed by atoms with van der Waals surface area (Å²) < 4.78 is 13.3. The number of aromatic nitrogens is 1. The maximum atomic E-state index is 13.7. The molecule has 1 aromatic heterocycles. The van der Waals surface area contributed by atoms with Gasteiger partial charge in [-0.05, 0) is 55.0 Å². The normalized spacial score (nSPS) is 16.0. The van der Waals surface area contributed by atoms with Crippen LogP contribution in [0.1, 0.15) is 56.7 Å². The summed E-state index contributed by atoms with van der Waals surface area (Å²) in [6.45, 7) is 1.64. The van der Waals surface area contributed by atoms with Crippen molar-refractivity contribution in [3.05, 3.63) is 70.2 Å². The first-order chi connectivity index (χ1) is 15.4. The summed E-state index contributed by atoms with van der Waals surface area (Å²) in [5.74, 6) is -0.888. The fourth-order valence-corrected chi connectivity index (χ4v) is 4.76. The van der Waals surface area contributed by atoms with E-state index in [1.54, 1.807) is 25.4 Å². The van der Waals surface area contributed by atoms with Gasteiger partial charge >= 0.3 is 0 Å². The number of nitrogens with zero attached hydrogens (tertiary/aromatic N) is 3. The highest BCUT2D eigenvalue weighted by Gasteiger charge is 2.36. The number of carbonyl (C=O) groups is 2. The molecule has 32 heavy (non-hydrogen) atoms. The molecule has 2 aliphatic heterocycles. The number of fused-ring (bicyclic) bond motifs is 2. The van der Waals surface area contributed by atoms with Crippen LogP contribution < -0.4 is 0 Å². The zero-order chi connectivity index (χ0) is 22.4. The number of piperidine rings is 1. The van der Waals surface area contributed by atoms with Gasteiger partial charge < -0.3 is 14.9 Å². The van der Waals surface area contributed by atoms with E-state index in [4.69, 9.17) is 0 Å². The van der Waals surface area contributed by atoms with Crippen LogP contribution in [0.25, 0.3) is 10.9 Å². The summed E-state index contributed by atoms with van der Waals surface area (Å²) in [7, 11) is 1.66. The molecule has 0 spiro atoms. The number of hydrogen-bond donors (Lipinski definition) is 1. The van der Waals surface area contributed by atoms with Crippen molar-refractivity contribution in [1.29, 1.82) is 0 Å². The number of pyridine rings is 1. The number of halogens is 1. The molecule has 2 aliphatic rings. The summed E-state index contributed by atoms with van der Waals surface area (Å²) in [6, 6.07) is 8.12. The number of aromatic hydroxyl groups is 1. The summed E-state index contributed by atoms with van der Waals surface area (Å²) in [5, 5.41) is 11.5. The summed E-state index contributed by atoms with van der Waals surface area (Å²) in [5.41, 5.74) is 3.22. The van der Waals surface area contributed by atoms with Crippen LogP contribution in [-0.4, -0.2) is 51.8 Å². The SMILES string of the molecule is CN1Cc2c(c(O)c3ncc(Cc4ccc(F)cc4)cc3c2C(=O)N2CCCCC2)C1=O. The summed E-state index contributed by atoms with van der Waals surface area (Å²) in [4.78, 5) is 34.2. The third-order valence-corrected chi connectivity index (χ3v) is 6.41. The number of carbonyl (C=O) groups excluding carboxylic acids is 2. The molecule has 164 valence electrons. The average molecular weight is 433 g/mol. The van der Waals surface area contributed by atoms with E-state index in [9.17, 15) is 19.1 Å². The lowest BCUT2D eigenvalue weighted by Crippen LogP contribution is -2.36. The van der Waals surface area contributed by atoms with Crippen molar-refractivity contribution in [3.8, 4) is 5.75 Å². The highest BCUT2D eigenvalue weighted by molar-refractivity contribution is 6.15. The van der Waals surface area contributed by atoms with Crippen LogP contribution in [0.5, 0.6) is 5.75 Å². The van der Waals surface area contributed by atoms with Gasteiger partial charge in [-0.15, -0.1) is 0 Å². The summed E-state index contributed by atoms with van der Waals surface area (Å²) in [6.07, 6.45) is 5.16. The zero-order valence-electron chi connectivity index (χ0n) is 17.9. The fourth-order valence-electron chi connectivity index (χ4n) is 4.76. The smallest absolute Gasteiger partial charge is 0.258 e. The first-order valence-electron chi connectivity index (χ1n) is 10.9. The highest BCUT2D eigenvalue weighted by atomic mass is 19.1. The lowest BCUT2D eigenvalue weighted by atomic mass is 9.93. The minimum atomic E-state index is -0.302. The van der Waals surface area contributed by atoms with Crippen molar-refractivity contribution in [2.45, 2.75) is 32.2 Å². The molecule has 2 aromatic carbocycles. The van der Waals surface area contributed by atoms with Crippen molar-refractivity contribution in [2.24, 2.45) is 0 Å². The molecular formula is C25H24FN3O3. The molecule has 3 heterocycles. The van der Waals surface area contributed by atoms with Crippen LogP contribution >= 0.6 is 0 Å². The molecule has 1 saturated heterocycles. The Labute approximate surface area is 185 Å². The molecule has 0 atom stereocenters. The quantitative estimate of drug-likeness (QED) is 0.680. The topological polar surface area (TPSA) is 73.7 Å². The van der Waals surface area contributed by atoms with Gasteiger partial charge in [0, 0.05) is 43.8 Å². The molecule has 0 radical (unpaired) electrons. The maximum absolute atomic E-state index is 13.7. The molecule has 0 aliphatic carbocycles. The number of rotatable bonds is 3. The lowest BCUT2D eigenvalue weighted by Gasteiger charge is -2.28. The van der Waals surface area contributed by atoms with E-state index in [-0.39, 0.29) is 41.0 Å². The second kappa shape index (κ2) is 7.89. The van der Waals surface area contributed by atoms with E-state index in [0.717, 1.165) is 30.4 Å². The number of benzene rings is 2. The third-order valence-electron chi connectivity index (χ3n) is 6.41. The van der Waals surface area contributed by atoms with Gasteiger partial charge in [0.1, 0.15) is 11.3 Å². The maximum Gasteiger partial charge on any atom is 0.258 e. The standard InChI is InChI=1S/C25H24FN3O3/c1-28-14-19-20(25(32)29-9-3-2-4-10-29)18-12-16(11-15-5-7-17(26)8-6-15)13-27-22(18)23(30)21(19)24(28)31/h5-8,12-13,30H,2-4,9-11,14H2,1H3. The van der Waals surface area contributed by atoms with Crippen LogP contribution in [0.3, 0.4) is 0 Å². The minimum absolute atomic E-state index is 0.116. The Morgan fingerprint density at radius 1 is 1.12 bits per heavy atom. The number of amides is 2. The van der Waals surface area contributed by atoms with Crippen molar-refractivity contribution in [3.63, 3.8) is 0 Å². The first-order valence-corrected chi connectivity index (χ1v) is 10.9. The molecule has 0 bridgehead atoms. The van der Waals surface area contributed by atoms with Gasteiger partial charge in [-0.2, -0.15) is 0 Å². The zero-order valence-corrected chi connectivity index (χ0v) is 17.9. The van der Waals surface area contributed by atoms with Crippen LogP contribution in [0.15, 0.2) is 36.5 Å². The molecule has 0 saturated carbocycles. The molecule has 6 nitrogen and oxygen atoms in total. The van der Waals surface area contributed by atoms with E-state index in [1.807, 2.05) is 11.0 Å². The minimum Gasteiger partial charge on any atom is -0.505 e. The highest BCUT2D eigenvalue weighted by Crippen LogP contribution is 2.40. The Bertz CT molecular complexity index is 1230. The first kappa shape index (κ1) is 20.4. The second-order valence-electron chi connectivity index (χ2n) is 8.63. The van der Waals surface area contributed by atoms with E-state index in [1.165, 1.54) is 17.0 Å². The largest absolute Gasteiger partial charge is 0.505 e. The average Bonchev–Trinajstić information content (AvgIpc) is 3.10. The van der Waals surface area contributed by atoms with Crippen LogP contribution in [0.4, 0.5) is 4.39 Å². The lowest BCUT2D eigenvalue weighted by molar-refractivity contribution is 0.0723. The fraction of sp³-hybridized carbons (Fsp3) is 0.320. The molecule has 2 amide bonds. The van der Waals surface area contributed by atoms with Gasteiger partial charge in [0.15, 0.2) is 5.75 Å². The van der Waals surface area contributed by atoms with Gasteiger partial charge in [-0.25, -0.2) is 4.39 Å². The Hall–Kier alpha value is -3.48. The Morgan fingerprint density at radius 3 is 2.56 bits per heavy atom. The van der Waals surface area contributed by atoms with Crippen molar-refractivity contribution >= 4 is 22.7 Å². The molecular weight excluding hydrogens is 409 g/mol. The number of likely N-dealkylation sites (tertiary alicyclic amines) is 1. The predicted molar refractivity (Wildman–Crippen MR) is 118 cm³/mol. The Balaban J connectivity index is 1.67. The Kier molecular flexibility index (Phi) is 5.04. The number of phenols is 1. The molecule has 5 rings (SSSR count). The monoisotopic (exact) mass is 433 g/mol. The predicted octanol–water partition coefficient (Wildman–Crippen LogP) is 3.88. The van der Waals surface area contributed by atoms with Crippen LogP contribution in [0, 0.1) is 5.82 Å². The van der Waals surface area contributed by atoms with Crippen LogP contribution in [0.2, 0.25) is 0 Å². The van der Waals surface area contributed by atoms with Gasteiger partial charge in [0.25, 0.3) is 11.8 Å². The second-order valence-corrected chi connectivity index (χ2v) is 8.63. The van der Waals surface area contributed by atoms with Crippen molar-refractivity contribution in [2.75, 3.05) is 20.1 Å². The number of phenolic OH excluding ortho intramolecular Hbond substituents is 1. The Morgan fingerprint density at radius 2 is 1.84 bits per heavy atom. The van der Waals surface area contributed by atoms with Crippen molar-refractivity contribution < 1.29 is 19.1 Å². The van der Waals surface area contributed by atoms with E-state index >= 15 is 0 Å². The molecule has 1 fully saturated rings. The molecule has 3 aromatic rings.